The Morgan fingerprint density at radius 2 is 1.49 bits per heavy atom. The molecule has 4 aliphatic carbocycles. The minimum Gasteiger partial charge on any atom is -0.454 e. The van der Waals surface area contributed by atoms with Crippen LogP contribution in [0.2, 0.25) is 5.02 Å². The van der Waals surface area contributed by atoms with Crippen LogP contribution in [-0.4, -0.2) is 64.7 Å². The van der Waals surface area contributed by atoms with E-state index < -0.39 is 50.9 Å². The molecule has 1 heterocycles. The molecule has 17 heteroatoms. The molecule has 2 atom stereocenters. The van der Waals surface area contributed by atoms with Crippen molar-refractivity contribution in [3.63, 3.8) is 0 Å². The quantitative estimate of drug-likeness (QED) is 0.0709. The van der Waals surface area contributed by atoms with E-state index in [1.807, 2.05) is 12.1 Å². The van der Waals surface area contributed by atoms with E-state index in [9.17, 15) is 40.8 Å². The van der Waals surface area contributed by atoms with Crippen LogP contribution in [0.15, 0.2) is 48.5 Å². The monoisotopic (exact) mass is 857 g/mol. The van der Waals surface area contributed by atoms with Gasteiger partial charge in [-0.1, -0.05) is 48.0 Å². The summed E-state index contributed by atoms with van der Waals surface area (Å²) in [5.41, 5.74) is 0.677. The van der Waals surface area contributed by atoms with Crippen LogP contribution in [0.3, 0.4) is 0 Å². The van der Waals surface area contributed by atoms with Gasteiger partial charge in [-0.3, -0.25) is 23.9 Å². The largest absolute Gasteiger partial charge is 0.454 e. The zero-order valence-electron chi connectivity index (χ0n) is 32.5. The zero-order chi connectivity index (χ0) is 42.0. The third kappa shape index (κ3) is 11.4. The van der Waals surface area contributed by atoms with Gasteiger partial charge in [0.05, 0.1) is 16.2 Å². The number of sulfonamides is 1. The molecule has 1 aromatic heterocycles. The molecule has 0 saturated heterocycles. The predicted octanol–water partition coefficient (Wildman–Crippen LogP) is 7.62. The Kier molecular flexibility index (Phi) is 12.5. The Morgan fingerprint density at radius 1 is 0.831 bits per heavy atom. The molecule has 1 amide bonds. The number of hydrogen-bond donors (Lipinski definition) is 2. The Morgan fingerprint density at radius 3 is 2.14 bits per heavy atom. The number of aromatic nitrogens is 3. The smallest absolute Gasteiger partial charge is 0.422 e. The SMILES string of the molecule is O=C(CCCCC(=O)c1ccc(Cc2nc(NC3(c4ccc(Cl)cc4)CC3)nc(OCC(F)(F)F)n2)cc1)CCCC(=O)C[C@]1(C(=O)NS(=O)(=O)C2CC2)C[C@H]1C1CC1. The molecule has 0 unspecified atom stereocenters. The van der Waals surface area contributed by atoms with Crippen molar-refractivity contribution < 1.29 is 45.5 Å². The van der Waals surface area contributed by atoms with E-state index in [1.165, 1.54) is 0 Å². The number of ketones is 3. The maximum absolute atomic E-state index is 13.1. The number of rotatable bonds is 23. The highest BCUT2D eigenvalue weighted by Gasteiger charge is 2.65. The van der Waals surface area contributed by atoms with Gasteiger partial charge in [-0.05, 0) is 99.3 Å². The summed E-state index contributed by atoms with van der Waals surface area (Å²) in [6.07, 6.45) is 2.85. The highest BCUT2D eigenvalue weighted by molar-refractivity contribution is 7.90. The first-order valence-electron chi connectivity index (χ1n) is 20.2. The molecule has 4 saturated carbocycles. The molecule has 0 aliphatic heterocycles. The lowest BCUT2D eigenvalue weighted by molar-refractivity contribution is -0.154. The lowest BCUT2D eigenvalue weighted by Crippen LogP contribution is -2.40. The molecular weight excluding hydrogens is 811 g/mol. The fraction of sp³-hybridized carbons (Fsp3) is 0.548. The lowest BCUT2D eigenvalue weighted by Gasteiger charge is -2.19. The maximum Gasteiger partial charge on any atom is 0.422 e. The van der Waals surface area contributed by atoms with E-state index in [1.54, 1.807) is 36.4 Å². The number of hydrogen-bond acceptors (Lipinski definition) is 11. The van der Waals surface area contributed by atoms with Gasteiger partial charge in [0.2, 0.25) is 21.9 Å². The van der Waals surface area contributed by atoms with Gasteiger partial charge in [0, 0.05) is 49.1 Å². The average Bonchev–Trinajstić information content (AvgIpc) is 3.96. The molecule has 0 radical (unpaired) electrons. The van der Waals surface area contributed by atoms with Crippen LogP contribution in [0.25, 0.3) is 0 Å². The number of alkyl halides is 3. The van der Waals surface area contributed by atoms with Gasteiger partial charge in [0.25, 0.3) is 0 Å². The lowest BCUT2D eigenvalue weighted by atomic mass is 9.91. The molecule has 12 nitrogen and oxygen atoms in total. The molecule has 2 N–H and O–H groups in total. The minimum absolute atomic E-state index is 0.00104. The number of amides is 1. The molecule has 59 heavy (non-hydrogen) atoms. The van der Waals surface area contributed by atoms with Crippen LogP contribution in [0.4, 0.5) is 19.1 Å². The highest BCUT2D eigenvalue weighted by Crippen LogP contribution is 2.65. The van der Waals surface area contributed by atoms with Gasteiger partial charge >= 0.3 is 12.2 Å². The Labute approximate surface area is 345 Å². The third-order valence-corrected chi connectivity index (χ3v) is 13.7. The van der Waals surface area contributed by atoms with Crippen molar-refractivity contribution in [3.8, 4) is 6.01 Å². The van der Waals surface area contributed by atoms with Gasteiger partial charge in [0.15, 0.2) is 12.4 Å². The number of anilines is 1. The van der Waals surface area contributed by atoms with Crippen molar-refractivity contribution in [3.05, 3.63) is 76.1 Å². The van der Waals surface area contributed by atoms with Crippen molar-refractivity contribution in [2.45, 2.75) is 120 Å². The van der Waals surface area contributed by atoms with Crippen molar-refractivity contribution in [1.29, 1.82) is 0 Å². The van der Waals surface area contributed by atoms with E-state index in [2.05, 4.69) is 25.0 Å². The Bertz CT molecular complexity index is 2180. The molecule has 0 bridgehead atoms. The molecule has 0 spiro atoms. The number of carbonyl (C=O) groups excluding carboxylic acids is 4. The van der Waals surface area contributed by atoms with Crippen LogP contribution in [0.1, 0.15) is 124 Å². The summed E-state index contributed by atoms with van der Waals surface area (Å²) in [5.74, 6) is -0.144. The van der Waals surface area contributed by atoms with E-state index in [4.69, 9.17) is 16.3 Å². The van der Waals surface area contributed by atoms with Crippen LogP contribution in [0, 0.1) is 17.3 Å². The topological polar surface area (TPSA) is 174 Å². The molecule has 3 aromatic rings. The molecule has 2 aromatic carbocycles. The number of Topliss-reactive ketones (excluding diaryl/α,β-unsaturated/α-hetero) is 3. The number of ether oxygens (including phenoxy) is 1. The maximum atomic E-state index is 13.1. The van der Waals surface area contributed by atoms with Crippen LogP contribution in [-0.2, 0) is 36.4 Å². The van der Waals surface area contributed by atoms with Crippen molar-refractivity contribution in [2.24, 2.45) is 17.3 Å². The average molecular weight is 858 g/mol. The fourth-order valence-corrected chi connectivity index (χ4v) is 9.33. The first kappa shape index (κ1) is 42.7. The number of unbranched alkanes of at least 4 members (excludes halogenated alkanes) is 1. The first-order valence-corrected chi connectivity index (χ1v) is 22.2. The van der Waals surface area contributed by atoms with Gasteiger partial charge in [0.1, 0.15) is 17.4 Å². The summed E-state index contributed by atoms with van der Waals surface area (Å²) in [6.45, 7) is -1.56. The molecule has 4 fully saturated rings. The van der Waals surface area contributed by atoms with Gasteiger partial charge in [-0.25, -0.2) is 8.42 Å². The number of benzene rings is 2. The molecule has 4 aliphatic rings. The minimum atomic E-state index is -4.59. The molecular formula is C42H47ClF3N5O7S. The zero-order valence-corrected chi connectivity index (χ0v) is 34.1. The first-order chi connectivity index (χ1) is 28.0. The van der Waals surface area contributed by atoms with Gasteiger partial charge < -0.3 is 10.1 Å². The Hall–Kier alpha value is -4.44. The standard InChI is InChI=1S/C42H47ClF3N5O7S/c43-30-16-14-29(15-17-30)41(20-21-41)50-38-47-36(48-39(49-38)58-25-42(44,45)46)22-26-8-10-28(11-9-26)35(54)7-2-1-4-31(52)5-3-6-32(53)23-40(24-34(40)27-12-13-27)37(55)51-59(56,57)33-18-19-33/h8-11,14-17,27,33-34H,1-7,12-13,18-25H2,(H,51,55)(H,47,48,49,50)/t34-,40-/m0/s1. The van der Waals surface area contributed by atoms with Crippen molar-refractivity contribution >= 4 is 50.8 Å². The number of nitrogens with zero attached hydrogens (tertiary/aromatic N) is 3. The van der Waals surface area contributed by atoms with E-state index in [0.717, 1.165) is 31.2 Å². The number of carbonyl (C=O) groups is 4. The van der Waals surface area contributed by atoms with E-state index in [-0.39, 0.29) is 73.6 Å². The second-order valence-electron chi connectivity index (χ2n) is 16.6. The third-order valence-electron chi connectivity index (χ3n) is 11.7. The predicted molar refractivity (Wildman–Crippen MR) is 211 cm³/mol. The summed E-state index contributed by atoms with van der Waals surface area (Å²) < 4.78 is 70.9. The van der Waals surface area contributed by atoms with Crippen molar-refractivity contribution in [2.75, 3.05) is 11.9 Å². The number of nitrogens with one attached hydrogen (secondary N) is 2. The summed E-state index contributed by atoms with van der Waals surface area (Å²) in [6, 6.07) is 13.6. The van der Waals surface area contributed by atoms with Crippen molar-refractivity contribution in [1.82, 2.24) is 19.7 Å². The molecule has 316 valence electrons. The molecule has 7 rings (SSSR count). The van der Waals surface area contributed by atoms with Crippen LogP contribution >= 0.6 is 11.6 Å². The summed E-state index contributed by atoms with van der Waals surface area (Å²) in [5, 5.41) is 3.31. The Balaban J connectivity index is 0.842. The second kappa shape index (κ2) is 17.3. The van der Waals surface area contributed by atoms with Crippen LogP contribution < -0.4 is 14.8 Å². The number of halogens is 4. The van der Waals surface area contributed by atoms with Crippen LogP contribution in [0.5, 0.6) is 6.01 Å². The summed E-state index contributed by atoms with van der Waals surface area (Å²) >= 11 is 6.05. The second-order valence-corrected chi connectivity index (χ2v) is 19.0. The van der Waals surface area contributed by atoms with E-state index >= 15 is 0 Å². The highest BCUT2D eigenvalue weighted by atomic mass is 35.5. The normalized spacial score (nSPS) is 20.7. The van der Waals surface area contributed by atoms with Gasteiger partial charge in [-0.2, -0.15) is 28.1 Å². The fourth-order valence-electron chi connectivity index (χ4n) is 7.82. The van der Waals surface area contributed by atoms with Gasteiger partial charge in [-0.15, -0.1) is 0 Å². The van der Waals surface area contributed by atoms with E-state index in [0.29, 0.717) is 60.6 Å². The summed E-state index contributed by atoms with van der Waals surface area (Å²) in [4.78, 5) is 64.2. The summed E-state index contributed by atoms with van der Waals surface area (Å²) in [7, 11) is -3.70.